The second kappa shape index (κ2) is 6.02. The zero-order valence-electron chi connectivity index (χ0n) is 16.7. The lowest BCUT2D eigenvalue weighted by Crippen LogP contribution is -1.87. The highest BCUT2D eigenvalue weighted by Gasteiger charge is 2.13. The standard InChI is InChI=1S/C30H17F/c31-24-15-16-26-23(17-24)14-13-20-8-10-22-12-11-21-9-7-19-6-5-18-3-1-2-4-25(18)27(19)29(21)30(22)28(20)26/h1-17H. The van der Waals surface area contributed by atoms with Crippen LogP contribution in [0.15, 0.2) is 103 Å². The van der Waals surface area contributed by atoms with E-state index in [1.807, 2.05) is 12.1 Å². The molecule has 0 radical (unpaired) electrons. The van der Waals surface area contributed by atoms with Crippen molar-refractivity contribution in [1.29, 1.82) is 0 Å². The molecule has 0 bridgehead atoms. The van der Waals surface area contributed by atoms with Crippen LogP contribution in [0.1, 0.15) is 0 Å². The van der Waals surface area contributed by atoms with E-state index in [1.54, 1.807) is 12.1 Å². The van der Waals surface area contributed by atoms with E-state index in [0.29, 0.717) is 0 Å². The molecule has 0 aliphatic rings. The van der Waals surface area contributed by atoms with E-state index in [0.717, 1.165) is 10.8 Å². The van der Waals surface area contributed by atoms with Gasteiger partial charge in [0.15, 0.2) is 0 Å². The summed E-state index contributed by atoms with van der Waals surface area (Å²) < 4.78 is 14.0. The van der Waals surface area contributed by atoms with Gasteiger partial charge in [0.1, 0.15) is 5.82 Å². The molecule has 0 heterocycles. The third kappa shape index (κ3) is 2.29. The lowest BCUT2D eigenvalue weighted by Gasteiger charge is -2.14. The fourth-order valence-electron chi connectivity index (χ4n) is 5.25. The molecule has 0 aliphatic carbocycles. The largest absolute Gasteiger partial charge is 0.207 e. The number of halogens is 1. The quantitative estimate of drug-likeness (QED) is 0.225. The van der Waals surface area contributed by atoms with Crippen LogP contribution in [0.4, 0.5) is 4.39 Å². The van der Waals surface area contributed by atoms with Gasteiger partial charge in [-0.15, -0.1) is 0 Å². The number of rotatable bonds is 0. The SMILES string of the molecule is Fc1ccc2c(ccc3ccc4ccc5ccc6ccc7ccccc7c6c5c4c32)c1. The van der Waals surface area contributed by atoms with Crippen LogP contribution >= 0.6 is 0 Å². The van der Waals surface area contributed by atoms with Gasteiger partial charge in [-0.2, -0.15) is 0 Å². The maximum atomic E-state index is 14.0. The molecule has 31 heavy (non-hydrogen) atoms. The number of hydrogen-bond donors (Lipinski definition) is 0. The van der Waals surface area contributed by atoms with Gasteiger partial charge in [-0.05, 0) is 76.8 Å². The molecule has 1 heteroatoms. The highest BCUT2D eigenvalue weighted by Crippen LogP contribution is 2.41. The molecule has 7 aromatic carbocycles. The number of hydrogen-bond acceptors (Lipinski definition) is 0. The Balaban J connectivity index is 1.87. The lowest BCUT2D eigenvalue weighted by molar-refractivity contribution is 0.630. The topological polar surface area (TPSA) is 0 Å². The van der Waals surface area contributed by atoms with Gasteiger partial charge >= 0.3 is 0 Å². The van der Waals surface area contributed by atoms with Crippen LogP contribution in [0.5, 0.6) is 0 Å². The summed E-state index contributed by atoms with van der Waals surface area (Å²) in [6, 6.07) is 35.5. The van der Waals surface area contributed by atoms with E-state index in [4.69, 9.17) is 0 Å². The predicted octanol–water partition coefficient (Wildman–Crippen LogP) is 8.74. The molecule has 7 aromatic rings. The summed E-state index contributed by atoms with van der Waals surface area (Å²) in [6.45, 7) is 0. The third-order valence-electron chi connectivity index (χ3n) is 6.63. The summed E-state index contributed by atoms with van der Waals surface area (Å²) in [7, 11) is 0. The van der Waals surface area contributed by atoms with Crippen molar-refractivity contribution < 1.29 is 4.39 Å². The first-order valence-electron chi connectivity index (χ1n) is 10.6. The first-order chi connectivity index (χ1) is 15.3. The van der Waals surface area contributed by atoms with Gasteiger partial charge in [-0.25, -0.2) is 4.39 Å². The minimum Gasteiger partial charge on any atom is -0.207 e. The zero-order chi connectivity index (χ0) is 20.5. The Morgan fingerprint density at radius 1 is 0.355 bits per heavy atom. The maximum Gasteiger partial charge on any atom is 0.123 e. The second-order valence-corrected chi connectivity index (χ2v) is 8.31. The van der Waals surface area contributed by atoms with E-state index in [-0.39, 0.29) is 5.82 Å². The van der Waals surface area contributed by atoms with Crippen molar-refractivity contribution in [2.75, 3.05) is 0 Å². The summed E-state index contributed by atoms with van der Waals surface area (Å²) in [5.74, 6) is -0.201. The van der Waals surface area contributed by atoms with E-state index in [2.05, 4.69) is 78.9 Å². The Labute approximate surface area is 178 Å². The van der Waals surface area contributed by atoms with Crippen molar-refractivity contribution in [2.24, 2.45) is 0 Å². The molecule has 0 nitrogen and oxygen atoms in total. The Bertz CT molecular complexity index is 1830. The van der Waals surface area contributed by atoms with Crippen molar-refractivity contribution >= 4 is 64.6 Å². The summed E-state index contributed by atoms with van der Waals surface area (Å²) in [4.78, 5) is 0. The van der Waals surface area contributed by atoms with Crippen LogP contribution in [0, 0.1) is 5.82 Å². The first-order valence-corrected chi connectivity index (χ1v) is 10.6. The fraction of sp³-hybridized carbons (Fsp3) is 0. The number of benzene rings is 7. The molecule has 0 saturated heterocycles. The summed E-state index contributed by atoms with van der Waals surface area (Å²) in [5, 5.41) is 14.4. The minimum absolute atomic E-state index is 0.201. The lowest BCUT2D eigenvalue weighted by atomic mass is 9.89. The average Bonchev–Trinajstić information content (AvgIpc) is 2.82. The average molecular weight is 396 g/mol. The van der Waals surface area contributed by atoms with E-state index in [9.17, 15) is 4.39 Å². The molecular formula is C30H17F. The van der Waals surface area contributed by atoms with E-state index >= 15 is 0 Å². The van der Waals surface area contributed by atoms with Crippen LogP contribution in [0.25, 0.3) is 64.6 Å². The van der Waals surface area contributed by atoms with Gasteiger partial charge in [0.05, 0.1) is 0 Å². The van der Waals surface area contributed by atoms with Crippen LogP contribution in [0.2, 0.25) is 0 Å². The van der Waals surface area contributed by atoms with Crippen molar-refractivity contribution in [3.05, 3.63) is 109 Å². The molecule has 0 aromatic heterocycles. The van der Waals surface area contributed by atoms with E-state index < -0.39 is 0 Å². The van der Waals surface area contributed by atoms with Crippen LogP contribution < -0.4 is 0 Å². The Kier molecular flexibility index (Phi) is 3.26. The fourth-order valence-corrected chi connectivity index (χ4v) is 5.25. The van der Waals surface area contributed by atoms with Crippen molar-refractivity contribution in [3.63, 3.8) is 0 Å². The van der Waals surface area contributed by atoms with Crippen LogP contribution in [-0.2, 0) is 0 Å². The Morgan fingerprint density at radius 3 is 1.42 bits per heavy atom. The van der Waals surface area contributed by atoms with Gasteiger partial charge < -0.3 is 0 Å². The molecule has 0 spiro atoms. The summed E-state index contributed by atoms with van der Waals surface area (Å²) >= 11 is 0. The van der Waals surface area contributed by atoms with Gasteiger partial charge in [0.25, 0.3) is 0 Å². The Hall–Kier alpha value is -3.97. The molecule has 0 unspecified atom stereocenters. The van der Waals surface area contributed by atoms with E-state index in [1.165, 1.54) is 53.9 Å². The molecule has 0 atom stereocenters. The monoisotopic (exact) mass is 396 g/mol. The van der Waals surface area contributed by atoms with Gasteiger partial charge in [0.2, 0.25) is 0 Å². The normalized spacial score (nSPS) is 12.0. The molecular weight excluding hydrogens is 379 g/mol. The third-order valence-corrected chi connectivity index (χ3v) is 6.63. The van der Waals surface area contributed by atoms with Crippen LogP contribution in [0.3, 0.4) is 0 Å². The zero-order valence-corrected chi connectivity index (χ0v) is 16.7. The smallest absolute Gasteiger partial charge is 0.123 e. The Morgan fingerprint density at radius 2 is 0.806 bits per heavy atom. The number of fused-ring (bicyclic) bond motifs is 11. The van der Waals surface area contributed by atoms with Crippen molar-refractivity contribution in [2.45, 2.75) is 0 Å². The van der Waals surface area contributed by atoms with Gasteiger partial charge in [-0.3, -0.25) is 0 Å². The predicted molar refractivity (Wildman–Crippen MR) is 131 cm³/mol. The molecule has 0 saturated carbocycles. The summed E-state index contributed by atoms with van der Waals surface area (Å²) in [6.07, 6.45) is 0. The van der Waals surface area contributed by atoms with Gasteiger partial charge in [-0.1, -0.05) is 91.0 Å². The first kappa shape index (κ1) is 16.8. The maximum absolute atomic E-state index is 14.0. The molecule has 0 fully saturated rings. The molecule has 0 N–H and O–H groups in total. The van der Waals surface area contributed by atoms with Crippen molar-refractivity contribution in [1.82, 2.24) is 0 Å². The molecule has 7 rings (SSSR count). The highest BCUT2D eigenvalue weighted by atomic mass is 19.1. The molecule has 0 amide bonds. The van der Waals surface area contributed by atoms with Crippen molar-refractivity contribution in [3.8, 4) is 0 Å². The highest BCUT2D eigenvalue weighted by molar-refractivity contribution is 6.35. The summed E-state index contributed by atoms with van der Waals surface area (Å²) in [5.41, 5.74) is 0. The molecule has 0 aliphatic heterocycles. The molecule has 144 valence electrons. The second-order valence-electron chi connectivity index (χ2n) is 8.31. The minimum atomic E-state index is -0.201. The van der Waals surface area contributed by atoms with Crippen LogP contribution in [-0.4, -0.2) is 0 Å². The van der Waals surface area contributed by atoms with Gasteiger partial charge in [0, 0.05) is 0 Å².